The number of hydrogen-bond acceptors (Lipinski definition) is 5. The van der Waals surface area contributed by atoms with Gasteiger partial charge >= 0.3 is 0 Å². The number of amides is 1. The quantitative estimate of drug-likeness (QED) is 0.620. The molecule has 1 aliphatic heterocycles. The summed E-state index contributed by atoms with van der Waals surface area (Å²) in [5.74, 6) is 0.915. The number of fused-ring (bicyclic) bond motifs is 1. The molecular formula is C24H24N2O5S. The van der Waals surface area contributed by atoms with E-state index in [1.807, 2.05) is 43.3 Å². The van der Waals surface area contributed by atoms with Crippen LogP contribution in [0.1, 0.15) is 15.9 Å². The number of carbonyl (C=O) groups is 1. The molecule has 7 nitrogen and oxygen atoms in total. The minimum Gasteiger partial charge on any atom is -0.486 e. The van der Waals surface area contributed by atoms with Crippen molar-refractivity contribution >= 4 is 21.6 Å². The van der Waals surface area contributed by atoms with E-state index in [-0.39, 0.29) is 29.0 Å². The lowest BCUT2D eigenvalue weighted by molar-refractivity contribution is 0.0789. The summed E-state index contributed by atoms with van der Waals surface area (Å²) in [6.45, 7) is 2.48. The van der Waals surface area contributed by atoms with Crippen molar-refractivity contribution in [2.24, 2.45) is 0 Å². The van der Waals surface area contributed by atoms with Crippen molar-refractivity contribution in [2.75, 3.05) is 24.5 Å². The summed E-state index contributed by atoms with van der Waals surface area (Å²) in [4.78, 5) is 12.7. The van der Waals surface area contributed by atoms with Crippen molar-refractivity contribution in [3.63, 3.8) is 0 Å². The van der Waals surface area contributed by atoms with Gasteiger partial charge in [0.1, 0.15) is 12.7 Å². The smallest absolute Gasteiger partial charge is 0.264 e. The van der Waals surface area contributed by atoms with Crippen LogP contribution in [0.5, 0.6) is 11.5 Å². The summed E-state index contributed by atoms with van der Waals surface area (Å²) in [5.41, 5.74) is 1.83. The molecule has 0 saturated heterocycles. The van der Waals surface area contributed by atoms with Crippen LogP contribution in [0.2, 0.25) is 0 Å². The molecule has 3 aromatic rings. The van der Waals surface area contributed by atoms with Gasteiger partial charge in [0, 0.05) is 12.6 Å². The number of para-hydroxylation sites is 2. The Balaban J connectivity index is 1.44. The molecule has 0 unspecified atom stereocenters. The third-order valence-corrected chi connectivity index (χ3v) is 6.99. The zero-order chi connectivity index (χ0) is 22.7. The first-order chi connectivity index (χ1) is 15.3. The van der Waals surface area contributed by atoms with E-state index < -0.39 is 10.0 Å². The second-order valence-electron chi connectivity index (χ2n) is 7.54. The standard InChI is InChI=1S/C24H24N2O5S/c1-17-10-12-19(13-11-17)26(2)32(28,29)21-7-5-6-18(14-21)24(27)25-15-20-16-30-22-8-3-4-9-23(22)31-20/h3-14,20H,15-16H2,1-2H3,(H,25,27)/t20-/m1/s1. The number of aryl methyl sites for hydroxylation is 1. The number of rotatable bonds is 6. The second kappa shape index (κ2) is 8.92. The average Bonchev–Trinajstić information content (AvgIpc) is 2.82. The lowest BCUT2D eigenvalue weighted by atomic mass is 10.2. The Morgan fingerprint density at radius 3 is 2.50 bits per heavy atom. The molecule has 0 saturated carbocycles. The number of carbonyl (C=O) groups excluding carboxylic acids is 1. The first kappa shape index (κ1) is 21.7. The van der Waals surface area contributed by atoms with Crippen LogP contribution in [0.3, 0.4) is 0 Å². The normalized spacial score (nSPS) is 15.1. The van der Waals surface area contributed by atoms with Gasteiger partial charge in [0.15, 0.2) is 11.5 Å². The van der Waals surface area contributed by atoms with Crippen LogP contribution in [-0.2, 0) is 10.0 Å². The number of benzene rings is 3. The molecule has 0 aromatic heterocycles. The fraction of sp³-hybridized carbons (Fsp3) is 0.208. The molecule has 4 rings (SSSR count). The highest BCUT2D eigenvalue weighted by Gasteiger charge is 2.24. The molecule has 1 heterocycles. The molecule has 0 aliphatic carbocycles. The van der Waals surface area contributed by atoms with E-state index in [2.05, 4.69) is 5.32 Å². The SMILES string of the molecule is Cc1ccc(N(C)S(=O)(=O)c2cccc(C(=O)NC[C@@H]3COc4ccccc4O3)c2)cc1. The van der Waals surface area contributed by atoms with Crippen molar-refractivity contribution < 1.29 is 22.7 Å². The van der Waals surface area contributed by atoms with Gasteiger partial charge in [-0.25, -0.2) is 8.42 Å². The van der Waals surface area contributed by atoms with Crippen LogP contribution in [0.25, 0.3) is 0 Å². The van der Waals surface area contributed by atoms with Crippen molar-refractivity contribution in [1.82, 2.24) is 5.32 Å². The van der Waals surface area contributed by atoms with Gasteiger partial charge in [-0.2, -0.15) is 0 Å². The molecule has 0 fully saturated rings. The zero-order valence-electron chi connectivity index (χ0n) is 17.8. The number of nitrogens with one attached hydrogen (secondary N) is 1. The molecule has 32 heavy (non-hydrogen) atoms. The van der Waals surface area contributed by atoms with E-state index in [1.165, 1.54) is 23.5 Å². The van der Waals surface area contributed by atoms with Gasteiger partial charge in [0.25, 0.3) is 15.9 Å². The van der Waals surface area contributed by atoms with Crippen LogP contribution >= 0.6 is 0 Å². The summed E-state index contributed by atoms with van der Waals surface area (Å²) < 4.78 is 38.8. The fourth-order valence-electron chi connectivity index (χ4n) is 3.32. The Bertz CT molecular complexity index is 1230. The monoisotopic (exact) mass is 452 g/mol. The average molecular weight is 453 g/mol. The number of hydrogen-bond donors (Lipinski definition) is 1. The molecule has 1 aliphatic rings. The zero-order valence-corrected chi connectivity index (χ0v) is 18.6. The van der Waals surface area contributed by atoms with E-state index in [9.17, 15) is 13.2 Å². The highest BCUT2D eigenvalue weighted by atomic mass is 32.2. The maximum Gasteiger partial charge on any atom is 0.264 e. The third kappa shape index (κ3) is 4.55. The van der Waals surface area contributed by atoms with Crippen LogP contribution in [0.4, 0.5) is 5.69 Å². The van der Waals surface area contributed by atoms with Gasteiger partial charge < -0.3 is 14.8 Å². The molecule has 1 amide bonds. The third-order valence-electron chi connectivity index (χ3n) is 5.21. The number of ether oxygens (including phenoxy) is 2. The molecule has 0 bridgehead atoms. The Hall–Kier alpha value is -3.52. The van der Waals surface area contributed by atoms with Crippen LogP contribution in [0, 0.1) is 6.92 Å². The molecule has 166 valence electrons. The van der Waals surface area contributed by atoms with Crippen LogP contribution < -0.4 is 19.1 Å². The summed E-state index contributed by atoms with van der Waals surface area (Å²) in [5, 5.41) is 2.79. The van der Waals surface area contributed by atoms with E-state index in [1.54, 1.807) is 24.3 Å². The highest BCUT2D eigenvalue weighted by Crippen LogP contribution is 2.30. The maximum absolute atomic E-state index is 13.1. The van der Waals surface area contributed by atoms with Gasteiger partial charge in [0.2, 0.25) is 0 Å². The Labute approximate surface area is 187 Å². The maximum atomic E-state index is 13.1. The summed E-state index contributed by atoms with van der Waals surface area (Å²) in [6, 6.07) is 20.5. The molecule has 8 heteroatoms. The summed E-state index contributed by atoms with van der Waals surface area (Å²) in [7, 11) is -2.33. The van der Waals surface area contributed by atoms with Crippen LogP contribution in [-0.4, -0.2) is 40.6 Å². The predicted molar refractivity (Wildman–Crippen MR) is 122 cm³/mol. The largest absolute Gasteiger partial charge is 0.486 e. The summed E-state index contributed by atoms with van der Waals surface area (Å²) >= 11 is 0. The van der Waals surface area contributed by atoms with E-state index in [4.69, 9.17) is 9.47 Å². The highest BCUT2D eigenvalue weighted by molar-refractivity contribution is 7.92. The van der Waals surface area contributed by atoms with Gasteiger partial charge in [0.05, 0.1) is 17.1 Å². The van der Waals surface area contributed by atoms with Gasteiger partial charge in [-0.3, -0.25) is 9.10 Å². The van der Waals surface area contributed by atoms with Crippen molar-refractivity contribution in [3.8, 4) is 11.5 Å². The van der Waals surface area contributed by atoms with E-state index in [0.29, 0.717) is 23.8 Å². The Morgan fingerprint density at radius 1 is 1.03 bits per heavy atom. The summed E-state index contributed by atoms with van der Waals surface area (Å²) in [6.07, 6.45) is -0.339. The fourth-order valence-corrected chi connectivity index (χ4v) is 4.56. The number of anilines is 1. The minimum absolute atomic E-state index is 0.0411. The van der Waals surface area contributed by atoms with Gasteiger partial charge in [-0.1, -0.05) is 35.9 Å². The molecule has 0 spiro atoms. The van der Waals surface area contributed by atoms with E-state index >= 15 is 0 Å². The molecular weight excluding hydrogens is 428 g/mol. The first-order valence-electron chi connectivity index (χ1n) is 10.2. The second-order valence-corrected chi connectivity index (χ2v) is 9.51. The minimum atomic E-state index is -3.82. The number of nitrogens with zero attached hydrogens (tertiary/aromatic N) is 1. The van der Waals surface area contributed by atoms with Crippen LogP contribution in [0.15, 0.2) is 77.7 Å². The Kier molecular flexibility index (Phi) is 6.05. The molecule has 1 N–H and O–H groups in total. The lowest BCUT2D eigenvalue weighted by Gasteiger charge is -2.26. The van der Waals surface area contributed by atoms with Crippen molar-refractivity contribution in [3.05, 3.63) is 83.9 Å². The van der Waals surface area contributed by atoms with Gasteiger partial charge in [-0.15, -0.1) is 0 Å². The van der Waals surface area contributed by atoms with E-state index in [0.717, 1.165) is 5.56 Å². The molecule has 1 atom stereocenters. The van der Waals surface area contributed by atoms with Crippen molar-refractivity contribution in [1.29, 1.82) is 0 Å². The molecule has 3 aromatic carbocycles. The Morgan fingerprint density at radius 2 is 1.75 bits per heavy atom. The first-order valence-corrected chi connectivity index (χ1v) is 11.6. The van der Waals surface area contributed by atoms with Crippen molar-refractivity contribution in [2.45, 2.75) is 17.9 Å². The lowest BCUT2D eigenvalue weighted by Crippen LogP contribution is -2.40. The van der Waals surface area contributed by atoms with Gasteiger partial charge in [-0.05, 0) is 49.4 Å². The molecule has 0 radical (unpaired) electrons. The topological polar surface area (TPSA) is 84.9 Å². The predicted octanol–water partition coefficient (Wildman–Crippen LogP) is 3.39. The number of sulfonamides is 1.